The van der Waals surface area contributed by atoms with Crippen molar-refractivity contribution in [3.05, 3.63) is 130 Å². The van der Waals surface area contributed by atoms with Gasteiger partial charge in [0.25, 0.3) is 11.8 Å². The van der Waals surface area contributed by atoms with Crippen molar-refractivity contribution in [2.45, 2.75) is 39.8 Å². The van der Waals surface area contributed by atoms with Gasteiger partial charge in [0, 0.05) is 86.0 Å². The summed E-state index contributed by atoms with van der Waals surface area (Å²) in [5, 5.41) is 8.63. The van der Waals surface area contributed by atoms with Gasteiger partial charge < -0.3 is 29.3 Å². The second-order valence-corrected chi connectivity index (χ2v) is 16.2. The first-order chi connectivity index (χ1) is 32.0. The number of alkyl halides is 4. The van der Waals surface area contributed by atoms with Crippen LogP contribution in [0.2, 0.25) is 0 Å². The molecule has 2 fully saturated rings. The van der Waals surface area contributed by atoms with E-state index in [0.717, 1.165) is 49.4 Å². The highest BCUT2D eigenvalue weighted by atomic mass is 19.3. The van der Waals surface area contributed by atoms with Crippen molar-refractivity contribution in [1.29, 1.82) is 0 Å². The van der Waals surface area contributed by atoms with Crippen LogP contribution in [0.3, 0.4) is 0 Å². The third kappa shape index (κ3) is 12.8. The van der Waals surface area contributed by atoms with Gasteiger partial charge in [0.15, 0.2) is 5.78 Å². The van der Waals surface area contributed by atoms with Gasteiger partial charge in [-0.2, -0.15) is 17.6 Å². The molecule has 356 valence electrons. The number of aryl methyl sites for hydroxylation is 2. The molecule has 5 amide bonds. The standard InChI is InChI=1S/C24H27F3N4O3.C23H24F3N5O2/c1-16-5-3-4-6-20(16)31(24(34)30-11-9-29(2)10-12-30)15-18-8-7-17(13-19(18)25)21(32)14-28-23(33)22(26)27;1-15-5-3-4-6-19(15)31(23(32)30-11-9-29(2)10-12-30)14-17-8-7-16(13-18(17)24)21-27-28-22(33-21)20(25)26/h3-8,13,22H,9-12,14-15H2,1-2H3,(H,28,33);3-8,13,20H,9-12,14H2,1-2H3. The molecule has 0 aliphatic carbocycles. The summed E-state index contributed by atoms with van der Waals surface area (Å²) in [6, 6.07) is 22.2. The lowest BCUT2D eigenvalue weighted by Crippen LogP contribution is -2.52. The quantitative estimate of drug-likeness (QED) is 0.0992. The van der Waals surface area contributed by atoms with E-state index in [9.17, 15) is 41.1 Å². The molecule has 0 unspecified atom stereocenters. The van der Waals surface area contributed by atoms with E-state index in [1.54, 1.807) is 32.1 Å². The number of halogens is 6. The summed E-state index contributed by atoms with van der Waals surface area (Å²) < 4.78 is 84.9. The van der Waals surface area contributed by atoms with Gasteiger partial charge in [-0.1, -0.05) is 54.6 Å². The minimum Gasteiger partial charge on any atom is -0.415 e. The number of likely N-dealkylation sites (N-methyl/N-ethyl adjacent to an activating group) is 2. The molecular weight excluding hydrogens is 885 g/mol. The number of ketones is 1. The first-order valence-corrected chi connectivity index (χ1v) is 21.4. The van der Waals surface area contributed by atoms with Crippen LogP contribution in [-0.2, 0) is 17.9 Å². The second kappa shape index (κ2) is 22.6. The van der Waals surface area contributed by atoms with Crippen LogP contribution in [-0.4, -0.2) is 133 Å². The minimum absolute atomic E-state index is 0.00819. The average molecular weight is 936 g/mol. The van der Waals surface area contributed by atoms with Gasteiger partial charge in [0.2, 0.25) is 5.89 Å². The van der Waals surface area contributed by atoms with Crippen molar-refractivity contribution < 1.29 is 49.9 Å². The summed E-state index contributed by atoms with van der Waals surface area (Å²) >= 11 is 0. The number of anilines is 2. The van der Waals surface area contributed by atoms with E-state index in [0.29, 0.717) is 37.6 Å². The Morgan fingerprint density at radius 1 is 0.657 bits per heavy atom. The lowest BCUT2D eigenvalue weighted by molar-refractivity contribution is -0.131. The molecule has 0 bridgehead atoms. The molecule has 0 saturated carbocycles. The molecule has 4 aromatic carbocycles. The lowest BCUT2D eigenvalue weighted by atomic mass is 10.1. The average Bonchev–Trinajstić information content (AvgIpc) is 3.82. The maximum atomic E-state index is 15.0. The number of amides is 5. The zero-order chi connectivity index (χ0) is 48.4. The van der Waals surface area contributed by atoms with Gasteiger partial charge in [-0.25, -0.2) is 18.4 Å². The molecule has 1 N–H and O–H groups in total. The SMILES string of the molecule is Cc1ccccc1N(Cc1ccc(-c2nnc(C(F)F)o2)cc1F)C(=O)N1CCN(C)CC1.Cc1ccccc1N(Cc1ccc(C(=O)CNC(=O)C(F)F)cc1F)C(=O)N1CCN(C)CC1. The van der Waals surface area contributed by atoms with Gasteiger partial charge >= 0.3 is 24.9 Å². The van der Waals surface area contributed by atoms with Gasteiger partial charge in [0.05, 0.1) is 19.6 Å². The molecule has 3 heterocycles. The van der Waals surface area contributed by atoms with Crippen LogP contribution < -0.4 is 15.1 Å². The summed E-state index contributed by atoms with van der Waals surface area (Å²) in [6.45, 7) is 8.33. The number of hydrogen-bond donors (Lipinski definition) is 1. The van der Waals surface area contributed by atoms with E-state index in [2.05, 4.69) is 20.0 Å². The number of piperazine rings is 2. The van der Waals surface area contributed by atoms with Crippen molar-refractivity contribution in [1.82, 2.24) is 35.1 Å². The number of urea groups is 2. The second-order valence-electron chi connectivity index (χ2n) is 16.2. The number of para-hydroxylation sites is 2. The Labute approximate surface area is 383 Å². The Hall–Kier alpha value is -6.80. The molecule has 5 aromatic rings. The third-order valence-corrected chi connectivity index (χ3v) is 11.4. The molecule has 2 aliphatic heterocycles. The van der Waals surface area contributed by atoms with Crippen molar-refractivity contribution >= 4 is 35.1 Å². The molecule has 2 saturated heterocycles. The Morgan fingerprint density at radius 3 is 1.57 bits per heavy atom. The van der Waals surface area contributed by atoms with Crippen molar-refractivity contribution in [2.24, 2.45) is 0 Å². The predicted octanol–water partition coefficient (Wildman–Crippen LogP) is 7.57. The van der Waals surface area contributed by atoms with E-state index in [1.165, 1.54) is 29.2 Å². The van der Waals surface area contributed by atoms with Crippen molar-refractivity contribution in [3.63, 3.8) is 0 Å². The van der Waals surface area contributed by atoms with Crippen LogP contribution in [0, 0.1) is 25.5 Å². The highest BCUT2D eigenvalue weighted by molar-refractivity contribution is 5.99. The molecule has 0 radical (unpaired) electrons. The Balaban J connectivity index is 0.000000221. The van der Waals surface area contributed by atoms with E-state index >= 15 is 4.39 Å². The number of nitrogens with zero attached hydrogens (tertiary/aromatic N) is 8. The molecule has 0 atom stereocenters. The summed E-state index contributed by atoms with van der Waals surface area (Å²) in [5.41, 5.74) is 3.68. The lowest BCUT2D eigenvalue weighted by Gasteiger charge is -2.36. The number of aromatic nitrogens is 2. The monoisotopic (exact) mass is 935 g/mol. The fourth-order valence-electron chi connectivity index (χ4n) is 7.37. The van der Waals surface area contributed by atoms with Crippen LogP contribution >= 0.6 is 0 Å². The largest absolute Gasteiger partial charge is 0.415 e. The smallest absolute Gasteiger partial charge is 0.324 e. The first kappa shape index (κ1) is 49.6. The number of carbonyl (C=O) groups excluding carboxylic acids is 4. The fourth-order valence-corrected chi connectivity index (χ4v) is 7.37. The van der Waals surface area contributed by atoms with E-state index < -0.39 is 48.6 Å². The topological polar surface area (TPSA) is 139 Å². The number of Topliss-reactive ketones (excluding diaryl/α,β-unsaturated/α-hetero) is 1. The van der Waals surface area contributed by atoms with Gasteiger partial charge in [-0.15, -0.1) is 10.2 Å². The summed E-state index contributed by atoms with van der Waals surface area (Å²) in [5.74, 6) is -4.60. The molecular formula is C47H51F6N9O5. The van der Waals surface area contributed by atoms with Gasteiger partial charge in [-0.05, 0) is 69.4 Å². The molecule has 2 aliphatic rings. The maximum Gasteiger partial charge on any atom is 0.324 e. The number of carbonyl (C=O) groups is 4. The zero-order valence-corrected chi connectivity index (χ0v) is 37.4. The number of hydrogen-bond acceptors (Lipinski definition) is 9. The normalized spacial score (nSPS) is 14.4. The maximum absolute atomic E-state index is 15.0. The van der Waals surface area contributed by atoms with E-state index in [1.807, 2.05) is 64.3 Å². The first-order valence-electron chi connectivity index (χ1n) is 21.4. The summed E-state index contributed by atoms with van der Waals surface area (Å²) in [7, 11) is 3.99. The molecule has 7 rings (SSSR count). The zero-order valence-electron chi connectivity index (χ0n) is 37.4. The van der Waals surface area contributed by atoms with Gasteiger partial charge in [0.1, 0.15) is 11.6 Å². The Kier molecular flexibility index (Phi) is 16.7. The molecule has 1 aromatic heterocycles. The highest BCUT2D eigenvalue weighted by Crippen LogP contribution is 2.29. The fraction of sp³-hybridized carbons (Fsp3) is 0.362. The third-order valence-electron chi connectivity index (χ3n) is 11.4. The van der Waals surface area contributed by atoms with Gasteiger partial charge in [-0.3, -0.25) is 19.4 Å². The Morgan fingerprint density at radius 2 is 1.13 bits per heavy atom. The minimum atomic E-state index is -3.24. The van der Waals surface area contributed by atoms with Crippen LogP contribution in [0.4, 0.5) is 47.3 Å². The molecule has 0 spiro atoms. The van der Waals surface area contributed by atoms with Crippen molar-refractivity contribution in [3.8, 4) is 11.5 Å². The molecule has 14 nitrogen and oxygen atoms in total. The highest BCUT2D eigenvalue weighted by Gasteiger charge is 2.29. The van der Waals surface area contributed by atoms with Crippen LogP contribution in [0.5, 0.6) is 0 Å². The van der Waals surface area contributed by atoms with E-state index in [4.69, 9.17) is 4.42 Å². The predicted molar refractivity (Wildman–Crippen MR) is 238 cm³/mol. The summed E-state index contributed by atoms with van der Waals surface area (Å²) in [4.78, 5) is 60.8. The van der Waals surface area contributed by atoms with Crippen LogP contribution in [0.1, 0.15) is 44.9 Å². The number of nitrogens with one attached hydrogen (secondary N) is 1. The molecule has 67 heavy (non-hydrogen) atoms. The van der Waals surface area contributed by atoms with Crippen LogP contribution in [0.15, 0.2) is 89.3 Å². The molecule has 20 heteroatoms. The Bertz CT molecular complexity index is 2530. The number of benzene rings is 4. The number of rotatable bonds is 12. The van der Waals surface area contributed by atoms with Crippen molar-refractivity contribution in [2.75, 3.05) is 82.8 Å². The summed E-state index contributed by atoms with van der Waals surface area (Å²) in [6.07, 6.45) is -6.14. The van der Waals surface area contributed by atoms with Crippen LogP contribution in [0.25, 0.3) is 11.5 Å². The van der Waals surface area contributed by atoms with E-state index in [-0.39, 0.29) is 53.3 Å².